The molecule has 0 bridgehead atoms. The third-order valence-corrected chi connectivity index (χ3v) is 6.72. The van der Waals surface area contributed by atoms with Crippen LogP contribution in [0, 0.1) is 17.1 Å². The van der Waals surface area contributed by atoms with Crippen molar-refractivity contribution in [2.24, 2.45) is 0 Å². The molecule has 12 nitrogen and oxygen atoms in total. The Morgan fingerprint density at radius 1 is 1.18 bits per heavy atom. The number of aliphatic hydroxyl groups is 1. The first-order valence-corrected chi connectivity index (χ1v) is 12.8. The number of hydrogen-bond acceptors (Lipinski definition) is 9. The maximum absolute atomic E-state index is 13.3. The molecule has 1 N–H and O–H groups in total. The van der Waals surface area contributed by atoms with Gasteiger partial charge in [0, 0.05) is 43.2 Å². The summed E-state index contributed by atoms with van der Waals surface area (Å²) in [7, 11) is 0. The first kappa shape index (κ1) is 25.6. The second kappa shape index (κ2) is 10.1. The minimum absolute atomic E-state index is 0.0922. The Morgan fingerprint density at radius 2 is 2.05 bits per heavy atom. The highest BCUT2D eigenvalue weighted by molar-refractivity contribution is 5.83. The summed E-state index contributed by atoms with van der Waals surface area (Å²) in [6, 6.07) is 7.91. The molecule has 1 atom stereocenters. The number of fused-ring (bicyclic) bond motifs is 1. The lowest BCUT2D eigenvalue weighted by Gasteiger charge is -2.18. The van der Waals surface area contributed by atoms with Crippen LogP contribution >= 0.6 is 0 Å². The molecule has 1 saturated heterocycles. The van der Waals surface area contributed by atoms with Gasteiger partial charge in [-0.15, -0.1) is 5.10 Å². The van der Waals surface area contributed by atoms with Crippen LogP contribution in [0.3, 0.4) is 0 Å². The van der Waals surface area contributed by atoms with Crippen molar-refractivity contribution in [3.63, 3.8) is 0 Å². The molecule has 5 aromatic rings. The highest BCUT2D eigenvalue weighted by Gasteiger charge is 2.26. The minimum atomic E-state index is -1.01. The third-order valence-electron chi connectivity index (χ3n) is 6.72. The van der Waals surface area contributed by atoms with Gasteiger partial charge in [-0.25, -0.2) is 18.6 Å². The standard InChI is InChI=1S/C27H27FN10O2/c1-27(2,39)17-40-22-7-23(26-24(8-29)33-34-38(26)16-22)19-10-31-36(13-19)21-5-6-35(15-21)12-18-3-4-25(30-9-18)37-14-20(28)11-32-37/h3-4,7,9-11,13-14,16,21,39H,5-6,12,15,17H2,1-2H3/t21-/m0/s1. The molecule has 0 spiro atoms. The second-order valence-corrected chi connectivity index (χ2v) is 10.5. The molecule has 40 heavy (non-hydrogen) atoms. The van der Waals surface area contributed by atoms with Crippen molar-refractivity contribution in [1.82, 2.24) is 44.3 Å². The fourth-order valence-corrected chi connectivity index (χ4v) is 4.82. The van der Waals surface area contributed by atoms with Crippen LogP contribution in [0.2, 0.25) is 0 Å². The average molecular weight is 543 g/mol. The highest BCUT2D eigenvalue weighted by Crippen LogP contribution is 2.32. The summed E-state index contributed by atoms with van der Waals surface area (Å²) >= 11 is 0. The molecular weight excluding hydrogens is 515 g/mol. The van der Waals surface area contributed by atoms with E-state index in [-0.39, 0.29) is 18.3 Å². The van der Waals surface area contributed by atoms with Gasteiger partial charge in [-0.3, -0.25) is 9.58 Å². The van der Waals surface area contributed by atoms with Crippen LogP contribution in [0.25, 0.3) is 22.5 Å². The Labute approximate surface area is 228 Å². The molecule has 0 amide bonds. The quantitative estimate of drug-likeness (QED) is 0.314. The van der Waals surface area contributed by atoms with E-state index in [1.165, 1.54) is 15.4 Å². The van der Waals surface area contributed by atoms with Gasteiger partial charge in [0.05, 0.1) is 36.4 Å². The van der Waals surface area contributed by atoms with Gasteiger partial charge in [0.2, 0.25) is 0 Å². The Bertz CT molecular complexity index is 1690. The molecule has 1 fully saturated rings. The maximum Gasteiger partial charge on any atom is 0.191 e. The lowest BCUT2D eigenvalue weighted by atomic mass is 10.1. The van der Waals surface area contributed by atoms with E-state index in [9.17, 15) is 14.8 Å². The van der Waals surface area contributed by atoms with E-state index >= 15 is 0 Å². The summed E-state index contributed by atoms with van der Waals surface area (Å²) in [5.74, 6) is 0.656. The van der Waals surface area contributed by atoms with Gasteiger partial charge < -0.3 is 9.84 Å². The van der Waals surface area contributed by atoms with Gasteiger partial charge in [0.25, 0.3) is 0 Å². The maximum atomic E-state index is 13.3. The number of pyridine rings is 2. The molecule has 1 aliphatic rings. The summed E-state index contributed by atoms with van der Waals surface area (Å²) in [4.78, 5) is 6.76. The number of likely N-dealkylation sites (tertiary alicyclic amines) is 1. The summed E-state index contributed by atoms with van der Waals surface area (Å²) < 4.78 is 23.9. The van der Waals surface area contributed by atoms with Crippen LogP contribution in [0.5, 0.6) is 5.75 Å². The summed E-state index contributed by atoms with van der Waals surface area (Å²) in [5, 5.41) is 36.4. The molecule has 0 aromatic carbocycles. The predicted molar refractivity (Wildman–Crippen MR) is 141 cm³/mol. The van der Waals surface area contributed by atoms with Crippen molar-refractivity contribution in [2.75, 3.05) is 19.7 Å². The molecule has 6 heterocycles. The predicted octanol–water partition coefficient (Wildman–Crippen LogP) is 2.78. The minimum Gasteiger partial charge on any atom is -0.489 e. The van der Waals surface area contributed by atoms with Crippen molar-refractivity contribution in [1.29, 1.82) is 5.26 Å². The average Bonchev–Trinajstić information content (AvgIpc) is 3.73. The number of nitriles is 1. The van der Waals surface area contributed by atoms with Gasteiger partial charge in [-0.05, 0) is 38.0 Å². The van der Waals surface area contributed by atoms with E-state index < -0.39 is 11.4 Å². The van der Waals surface area contributed by atoms with Gasteiger partial charge in [0.15, 0.2) is 17.3 Å². The van der Waals surface area contributed by atoms with E-state index in [1.54, 1.807) is 32.4 Å². The fraction of sp³-hybridized carbons (Fsp3) is 0.333. The molecular formula is C27H27FN10O2. The highest BCUT2D eigenvalue weighted by atomic mass is 19.1. The molecule has 0 saturated carbocycles. The molecule has 0 radical (unpaired) electrons. The zero-order valence-electron chi connectivity index (χ0n) is 22.0. The largest absolute Gasteiger partial charge is 0.489 e. The Hall–Kier alpha value is -4.67. The number of nitrogens with zero attached hydrogens (tertiary/aromatic N) is 10. The number of ether oxygens (including phenoxy) is 1. The van der Waals surface area contributed by atoms with Crippen LogP contribution in [-0.2, 0) is 6.54 Å². The van der Waals surface area contributed by atoms with Crippen LogP contribution < -0.4 is 4.74 Å². The number of aromatic nitrogens is 8. The molecule has 1 aliphatic heterocycles. The zero-order chi connectivity index (χ0) is 27.9. The molecule has 13 heteroatoms. The summed E-state index contributed by atoms with van der Waals surface area (Å²) in [6.07, 6.45) is 10.6. The second-order valence-electron chi connectivity index (χ2n) is 10.5. The Balaban J connectivity index is 1.18. The topological polar surface area (TPSA) is 135 Å². The van der Waals surface area contributed by atoms with E-state index in [4.69, 9.17) is 4.74 Å². The third kappa shape index (κ3) is 5.27. The normalized spacial score (nSPS) is 16.0. The van der Waals surface area contributed by atoms with Gasteiger partial charge in [-0.1, -0.05) is 11.3 Å². The Morgan fingerprint density at radius 3 is 2.77 bits per heavy atom. The van der Waals surface area contributed by atoms with Crippen LogP contribution in [0.1, 0.15) is 37.6 Å². The fourth-order valence-electron chi connectivity index (χ4n) is 4.82. The van der Waals surface area contributed by atoms with E-state index in [0.29, 0.717) is 17.1 Å². The molecule has 0 unspecified atom stereocenters. The monoisotopic (exact) mass is 542 g/mol. The van der Waals surface area contributed by atoms with Crippen LogP contribution in [0.15, 0.2) is 55.4 Å². The molecule has 204 valence electrons. The van der Waals surface area contributed by atoms with Crippen LogP contribution in [-0.4, -0.2) is 74.7 Å². The van der Waals surface area contributed by atoms with Gasteiger partial charge in [-0.2, -0.15) is 15.5 Å². The SMILES string of the molecule is CC(C)(O)COc1cc(-c2cnn([C@H]3CCN(Cc4ccc(-n5cc(F)cn5)nc4)C3)c2)c2c(C#N)nnn2c1. The Kier molecular flexibility index (Phi) is 6.49. The van der Waals surface area contributed by atoms with Crippen molar-refractivity contribution in [3.05, 3.63) is 72.5 Å². The van der Waals surface area contributed by atoms with Crippen molar-refractivity contribution >= 4 is 5.52 Å². The molecule has 0 aliphatic carbocycles. The number of hydrogen-bond donors (Lipinski definition) is 1. The first-order valence-electron chi connectivity index (χ1n) is 12.8. The number of halogens is 1. The zero-order valence-corrected chi connectivity index (χ0v) is 22.0. The molecule has 6 rings (SSSR count). The van der Waals surface area contributed by atoms with Gasteiger partial charge >= 0.3 is 0 Å². The van der Waals surface area contributed by atoms with E-state index in [2.05, 4.69) is 36.5 Å². The summed E-state index contributed by atoms with van der Waals surface area (Å²) in [5.41, 5.74) is 2.36. The van der Waals surface area contributed by atoms with Crippen molar-refractivity contribution < 1.29 is 14.2 Å². The van der Waals surface area contributed by atoms with Crippen LogP contribution in [0.4, 0.5) is 4.39 Å². The lowest BCUT2D eigenvalue weighted by Crippen LogP contribution is -2.27. The van der Waals surface area contributed by atoms with Crippen molar-refractivity contribution in [2.45, 2.75) is 38.5 Å². The van der Waals surface area contributed by atoms with Gasteiger partial charge in [0.1, 0.15) is 23.9 Å². The summed E-state index contributed by atoms with van der Waals surface area (Å²) in [6.45, 7) is 5.88. The van der Waals surface area contributed by atoms with E-state index in [0.717, 1.165) is 48.9 Å². The smallest absolute Gasteiger partial charge is 0.191 e. The van der Waals surface area contributed by atoms with E-state index in [1.807, 2.05) is 29.1 Å². The number of rotatable bonds is 8. The van der Waals surface area contributed by atoms with Crippen molar-refractivity contribution in [3.8, 4) is 28.8 Å². The first-order chi connectivity index (χ1) is 19.3. The lowest BCUT2D eigenvalue weighted by molar-refractivity contribution is 0.0283. The molecule has 5 aromatic heterocycles.